The van der Waals surface area contributed by atoms with E-state index in [4.69, 9.17) is 16.0 Å². The van der Waals surface area contributed by atoms with E-state index in [-0.39, 0.29) is 11.7 Å². The highest BCUT2D eigenvalue weighted by Gasteiger charge is 2.17. The monoisotopic (exact) mass is 412 g/mol. The number of furan rings is 1. The average Bonchev–Trinajstić information content (AvgIpc) is 3.31. The van der Waals surface area contributed by atoms with Crippen molar-refractivity contribution in [2.45, 2.75) is 18.6 Å². The molecule has 0 fully saturated rings. The van der Waals surface area contributed by atoms with Crippen molar-refractivity contribution in [3.8, 4) is 11.6 Å². The summed E-state index contributed by atoms with van der Waals surface area (Å²) in [6.45, 7) is 2.67. The molecule has 1 amide bonds. The minimum absolute atomic E-state index is 0.122. The SMILES string of the molecule is CCn1c(SCC(=O)Nc2ccc(Cl)cc2)nnc1-c1cc2ccccc2o1. The zero-order valence-corrected chi connectivity index (χ0v) is 16.6. The quantitative estimate of drug-likeness (QED) is 0.446. The fraction of sp³-hybridized carbons (Fsp3) is 0.150. The van der Waals surface area contributed by atoms with E-state index in [0.717, 1.165) is 11.0 Å². The lowest BCUT2D eigenvalue weighted by Crippen LogP contribution is -2.14. The highest BCUT2D eigenvalue weighted by molar-refractivity contribution is 7.99. The van der Waals surface area contributed by atoms with Crippen molar-refractivity contribution in [3.63, 3.8) is 0 Å². The van der Waals surface area contributed by atoms with Crippen molar-refractivity contribution >= 4 is 45.9 Å². The molecule has 2 aromatic carbocycles. The topological polar surface area (TPSA) is 73.0 Å². The largest absolute Gasteiger partial charge is 0.453 e. The van der Waals surface area contributed by atoms with Crippen LogP contribution in [-0.2, 0) is 11.3 Å². The Kier molecular flexibility index (Phi) is 5.36. The number of aromatic nitrogens is 3. The molecule has 0 aliphatic rings. The van der Waals surface area contributed by atoms with Crippen LogP contribution in [0.2, 0.25) is 5.02 Å². The van der Waals surface area contributed by atoms with E-state index in [1.807, 2.05) is 41.8 Å². The van der Waals surface area contributed by atoms with E-state index < -0.39 is 0 Å². The number of benzene rings is 2. The molecular formula is C20H17ClN4O2S. The molecule has 0 bridgehead atoms. The van der Waals surface area contributed by atoms with Crippen LogP contribution in [0.15, 0.2) is 64.2 Å². The highest BCUT2D eigenvalue weighted by atomic mass is 35.5. The van der Waals surface area contributed by atoms with E-state index in [2.05, 4.69) is 15.5 Å². The summed E-state index contributed by atoms with van der Waals surface area (Å²) in [6.07, 6.45) is 0. The molecular weight excluding hydrogens is 396 g/mol. The molecule has 1 N–H and O–H groups in total. The maximum absolute atomic E-state index is 12.2. The van der Waals surface area contributed by atoms with Gasteiger partial charge in [0.2, 0.25) is 11.7 Å². The zero-order chi connectivity index (χ0) is 19.5. The van der Waals surface area contributed by atoms with Crippen LogP contribution >= 0.6 is 23.4 Å². The number of thioether (sulfide) groups is 1. The number of anilines is 1. The van der Waals surface area contributed by atoms with E-state index in [1.54, 1.807) is 24.3 Å². The van der Waals surface area contributed by atoms with Crippen LogP contribution in [0.4, 0.5) is 5.69 Å². The van der Waals surface area contributed by atoms with Crippen LogP contribution in [0, 0.1) is 0 Å². The molecule has 142 valence electrons. The Hall–Kier alpha value is -2.77. The summed E-state index contributed by atoms with van der Waals surface area (Å²) in [5, 5.41) is 13.7. The summed E-state index contributed by atoms with van der Waals surface area (Å²) in [6, 6.07) is 16.8. The first-order valence-electron chi connectivity index (χ1n) is 8.74. The average molecular weight is 413 g/mol. The van der Waals surface area contributed by atoms with Gasteiger partial charge in [-0.1, -0.05) is 41.6 Å². The van der Waals surface area contributed by atoms with Crippen molar-refractivity contribution in [1.29, 1.82) is 0 Å². The number of amides is 1. The van der Waals surface area contributed by atoms with Gasteiger partial charge in [-0.05, 0) is 43.3 Å². The summed E-state index contributed by atoms with van der Waals surface area (Å²) >= 11 is 7.19. The minimum atomic E-state index is -0.122. The van der Waals surface area contributed by atoms with Gasteiger partial charge in [-0.15, -0.1) is 10.2 Å². The molecule has 2 aromatic heterocycles. The first-order valence-corrected chi connectivity index (χ1v) is 10.1. The number of rotatable bonds is 6. The van der Waals surface area contributed by atoms with E-state index >= 15 is 0 Å². The molecule has 8 heteroatoms. The molecule has 0 atom stereocenters. The van der Waals surface area contributed by atoms with E-state index in [1.165, 1.54) is 11.8 Å². The summed E-state index contributed by atoms with van der Waals surface area (Å²) in [7, 11) is 0. The molecule has 0 unspecified atom stereocenters. The number of carbonyl (C=O) groups excluding carboxylic acids is 1. The molecule has 0 saturated carbocycles. The number of hydrogen-bond acceptors (Lipinski definition) is 5. The molecule has 0 aliphatic heterocycles. The van der Waals surface area contributed by atoms with Gasteiger partial charge < -0.3 is 9.73 Å². The number of carbonyl (C=O) groups is 1. The Balaban J connectivity index is 1.48. The van der Waals surface area contributed by atoms with Gasteiger partial charge in [0.1, 0.15) is 5.58 Å². The van der Waals surface area contributed by atoms with E-state index in [9.17, 15) is 4.79 Å². The zero-order valence-electron chi connectivity index (χ0n) is 15.1. The number of nitrogens with one attached hydrogen (secondary N) is 1. The Labute approximate surface area is 170 Å². The summed E-state index contributed by atoms with van der Waals surface area (Å²) in [4.78, 5) is 12.2. The summed E-state index contributed by atoms with van der Waals surface area (Å²) in [5.41, 5.74) is 1.51. The van der Waals surface area contributed by atoms with E-state index in [0.29, 0.717) is 34.0 Å². The third-order valence-electron chi connectivity index (χ3n) is 4.14. The molecule has 0 radical (unpaired) electrons. The molecule has 0 saturated heterocycles. The lowest BCUT2D eigenvalue weighted by molar-refractivity contribution is -0.113. The van der Waals surface area contributed by atoms with Gasteiger partial charge in [-0.3, -0.25) is 9.36 Å². The van der Waals surface area contributed by atoms with Crippen LogP contribution in [-0.4, -0.2) is 26.4 Å². The second-order valence-corrected chi connectivity index (χ2v) is 7.42. The minimum Gasteiger partial charge on any atom is -0.453 e. The second-order valence-electron chi connectivity index (χ2n) is 6.04. The molecule has 28 heavy (non-hydrogen) atoms. The van der Waals surface area contributed by atoms with Crippen LogP contribution in [0.5, 0.6) is 0 Å². The smallest absolute Gasteiger partial charge is 0.234 e. The Bertz CT molecular complexity index is 1090. The molecule has 0 spiro atoms. The molecule has 4 rings (SSSR count). The number of halogens is 1. The number of nitrogens with zero attached hydrogens (tertiary/aromatic N) is 3. The molecule has 0 aliphatic carbocycles. The fourth-order valence-electron chi connectivity index (χ4n) is 2.82. The Morgan fingerprint density at radius 3 is 2.71 bits per heavy atom. The number of hydrogen-bond donors (Lipinski definition) is 1. The summed E-state index contributed by atoms with van der Waals surface area (Å²) < 4.78 is 7.84. The maximum Gasteiger partial charge on any atom is 0.234 e. The van der Waals surface area contributed by atoms with Gasteiger partial charge in [-0.2, -0.15) is 0 Å². The van der Waals surface area contributed by atoms with Crippen molar-refractivity contribution in [2.75, 3.05) is 11.1 Å². The van der Waals surface area contributed by atoms with Crippen molar-refractivity contribution in [3.05, 3.63) is 59.6 Å². The number of fused-ring (bicyclic) bond motifs is 1. The van der Waals surface area contributed by atoms with Crippen LogP contribution in [0.25, 0.3) is 22.6 Å². The Morgan fingerprint density at radius 1 is 1.18 bits per heavy atom. The highest BCUT2D eigenvalue weighted by Crippen LogP contribution is 2.29. The van der Waals surface area contributed by atoms with Gasteiger partial charge in [0.25, 0.3) is 0 Å². The number of para-hydroxylation sites is 1. The molecule has 4 aromatic rings. The first-order chi connectivity index (χ1) is 13.6. The van der Waals surface area contributed by atoms with Gasteiger partial charge >= 0.3 is 0 Å². The van der Waals surface area contributed by atoms with Crippen LogP contribution < -0.4 is 5.32 Å². The lowest BCUT2D eigenvalue weighted by atomic mass is 10.2. The second kappa shape index (κ2) is 8.08. The van der Waals surface area contributed by atoms with Crippen LogP contribution in [0.3, 0.4) is 0 Å². The van der Waals surface area contributed by atoms with Gasteiger partial charge in [0.05, 0.1) is 5.75 Å². The van der Waals surface area contributed by atoms with Gasteiger partial charge in [-0.25, -0.2) is 0 Å². The Morgan fingerprint density at radius 2 is 1.96 bits per heavy atom. The lowest BCUT2D eigenvalue weighted by Gasteiger charge is -2.07. The first kappa shape index (κ1) is 18.6. The maximum atomic E-state index is 12.2. The fourth-order valence-corrected chi connectivity index (χ4v) is 3.74. The van der Waals surface area contributed by atoms with Crippen molar-refractivity contribution < 1.29 is 9.21 Å². The predicted octanol–water partition coefficient (Wildman–Crippen LogP) is 5.10. The predicted molar refractivity (Wildman–Crippen MR) is 112 cm³/mol. The third kappa shape index (κ3) is 3.90. The molecule has 6 nitrogen and oxygen atoms in total. The third-order valence-corrected chi connectivity index (χ3v) is 5.36. The normalized spacial score (nSPS) is 11.1. The standard InChI is InChI=1S/C20H17ClN4O2S/c1-2-25-19(17-11-13-5-3-4-6-16(13)27-17)23-24-20(25)28-12-18(26)22-15-9-7-14(21)8-10-15/h3-11H,2,12H2,1H3,(H,22,26). The van der Waals surface area contributed by atoms with Crippen molar-refractivity contribution in [2.24, 2.45) is 0 Å². The van der Waals surface area contributed by atoms with Gasteiger partial charge in [0, 0.05) is 22.6 Å². The van der Waals surface area contributed by atoms with Gasteiger partial charge in [0.15, 0.2) is 10.9 Å². The summed E-state index contributed by atoms with van der Waals surface area (Å²) in [5.74, 6) is 1.41. The van der Waals surface area contributed by atoms with Crippen LogP contribution in [0.1, 0.15) is 6.92 Å². The van der Waals surface area contributed by atoms with Crippen molar-refractivity contribution in [1.82, 2.24) is 14.8 Å². The molecule has 2 heterocycles.